The molecule has 0 amide bonds. The lowest BCUT2D eigenvalue weighted by molar-refractivity contribution is 0.296. The first-order valence-electron chi connectivity index (χ1n) is 8.09. The second kappa shape index (κ2) is 9.00. The van der Waals surface area contributed by atoms with Gasteiger partial charge >= 0.3 is 0 Å². The number of aliphatic imine (C=N–C) groups is 1. The molecule has 3 aromatic rings. The molecule has 2 nitrogen and oxygen atoms in total. The molecule has 6 heteroatoms. The molecule has 0 saturated carbocycles. The van der Waals surface area contributed by atoms with Crippen LogP contribution in [0.2, 0.25) is 5.02 Å². The van der Waals surface area contributed by atoms with E-state index in [1.807, 2.05) is 37.3 Å². The second-order valence-electron chi connectivity index (χ2n) is 5.89. The van der Waals surface area contributed by atoms with Gasteiger partial charge in [0.25, 0.3) is 0 Å². The van der Waals surface area contributed by atoms with Crippen molar-refractivity contribution in [3.63, 3.8) is 0 Å². The van der Waals surface area contributed by atoms with Crippen LogP contribution < -0.4 is 4.74 Å². The van der Waals surface area contributed by atoms with Gasteiger partial charge in [0.15, 0.2) is 0 Å². The fourth-order valence-corrected chi connectivity index (χ4v) is 3.99. The van der Waals surface area contributed by atoms with E-state index >= 15 is 0 Å². The number of rotatable bonds is 5. The first-order chi connectivity index (χ1) is 12.9. The zero-order valence-corrected chi connectivity index (χ0v) is 18.3. The van der Waals surface area contributed by atoms with Crippen molar-refractivity contribution >= 4 is 55.4 Å². The maximum absolute atomic E-state index is 13.7. The van der Waals surface area contributed by atoms with E-state index in [2.05, 4.69) is 36.9 Å². The van der Waals surface area contributed by atoms with Crippen molar-refractivity contribution < 1.29 is 9.13 Å². The quantitative estimate of drug-likeness (QED) is 0.323. The largest absolute Gasteiger partial charge is 0.486 e. The van der Waals surface area contributed by atoms with Gasteiger partial charge in [0, 0.05) is 16.8 Å². The topological polar surface area (TPSA) is 21.6 Å². The molecule has 3 aromatic carbocycles. The normalized spacial score (nSPS) is 11.1. The fourth-order valence-electron chi connectivity index (χ4n) is 2.37. The highest BCUT2D eigenvalue weighted by Gasteiger charge is 2.10. The smallest absolute Gasteiger partial charge is 0.148 e. The molecule has 0 N–H and O–H groups in total. The Morgan fingerprint density at radius 3 is 2.44 bits per heavy atom. The van der Waals surface area contributed by atoms with Gasteiger partial charge in [0.1, 0.15) is 18.2 Å². The summed E-state index contributed by atoms with van der Waals surface area (Å²) in [5, 5.41) is 0.684. The Morgan fingerprint density at radius 2 is 1.78 bits per heavy atom. The van der Waals surface area contributed by atoms with Crippen LogP contribution in [0.4, 0.5) is 10.1 Å². The minimum absolute atomic E-state index is 0.138. The molecule has 0 aromatic heterocycles. The molecule has 3 rings (SSSR count). The SMILES string of the molecule is Cc1ccc(N=Cc2cc(Br)c(OCc3ccccc3F)c(Br)c2)cc1Cl. The first kappa shape index (κ1) is 20.1. The molecule has 0 atom stereocenters. The molecule has 0 radical (unpaired) electrons. The third-order valence-corrected chi connectivity index (χ3v) is 5.45. The summed E-state index contributed by atoms with van der Waals surface area (Å²) in [7, 11) is 0. The van der Waals surface area contributed by atoms with Gasteiger partial charge in [-0.05, 0) is 80.2 Å². The number of hydrogen-bond acceptors (Lipinski definition) is 2. The van der Waals surface area contributed by atoms with E-state index in [9.17, 15) is 4.39 Å². The van der Waals surface area contributed by atoms with Crippen molar-refractivity contribution in [3.8, 4) is 5.75 Å². The molecule has 138 valence electrons. The van der Waals surface area contributed by atoms with Gasteiger partial charge in [0.2, 0.25) is 0 Å². The molecule has 0 fully saturated rings. The third-order valence-electron chi connectivity index (χ3n) is 3.87. The molecule has 0 aliphatic heterocycles. The Hall–Kier alpha value is -1.69. The van der Waals surface area contributed by atoms with Crippen LogP contribution >= 0.6 is 43.5 Å². The van der Waals surface area contributed by atoms with Crippen molar-refractivity contribution in [1.29, 1.82) is 0 Å². The molecule has 0 heterocycles. The van der Waals surface area contributed by atoms with E-state index in [1.54, 1.807) is 24.4 Å². The highest BCUT2D eigenvalue weighted by atomic mass is 79.9. The fraction of sp³-hybridized carbons (Fsp3) is 0.0952. The standard InChI is InChI=1S/C21H15Br2ClFNO/c1-13-6-7-16(10-19(13)24)26-11-14-8-17(22)21(18(23)9-14)27-12-15-4-2-3-5-20(15)25/h2-11H,12H2,1H3. The van der Waals surface area contributed by atoms with Crippen molar-refractivity contribution in [2.75, 3.05) is 0 Å². The third kappa shape index (κ3) is 5.18. The Balaban J connectivity index is 1.77. The van der Waals surface area contributed by atoms with Crippen molar-refractivity contribution in [3.05, 3.63) is 91.1 Å². The van der Waals surface area contributed by atoms with E-state index in [-0.39, 0.29) is 12.4 Å². The molecule has 0 bridgehead atoms. The van der Waals surface area contributed by atoms with Crippen LogP contribution in [0.3, 0.4) is 0 Å². The van der Waals surface area contributed by atoms with Crippen LogP contribution in [0, 0.1) is 12.7 Å². The van der Waals surface area contributed by atoms with Crippen molar-refractivity contribution in [2.24, 2.45) is 4.99 Å². The van der Waals surface area contributed by atoms with E-state index in [4.69, 9.17) is 16.3 Å². The van der Waals surface area contributed by atoms with Crippen LogP contribution in [-0.4, -0.2) is 6.21 Å². The van der Waals surface area contributed by atoms with Gasteiger partial charge < -0.3 is 4.74 Å². The zero-order chi connectivity index (χ0) is 19.4. The van der Waals surface area contributed by atoms with Crippen LogP contribution in [0.15, 0.2) is 68.5 Å². The van der Waals surface area contributed by atoms with Gasteiger partial charge in [-0.25, -0.2) is 4.39 Å². The number of benzene rings is 3. The Morgan fingerprint density at radius 1 is 1.07 bits per heavy atom. The van der Waals surface area contributed by atoms with E-state index < -0.39 is 0 Å². The minimum Gasteiger partial charge on any atom is -0.486 e. The average Bonchev–Trinajstić information content (AvgIpc) is 2.63. The van der Waals surface area contributed by atoms with Gasteiger partial charge in [-0.3, -0.25) is 4.99 Å². The predicted molar refractivity (Wildman–Crippen MR) is 116 cm³/mol. The summed E-state index contributed by atoms with van der Waals surface area (Å²) >= 11 is 13.1. The summed E-state index contributed by atoms with van der Waals surface area (Å²) in [6, 6.07) is 16.0. The lowest BCUT2D eigenvalue weighted by Crippen LogP contribution is -2.00. The van der Waals surface area contributed by atoms with E-state index in [1.165, 1.54) is 6.07 Å². The molecular weight excluding hydrogens is 496 g/mol. The molecule has 0 aliphatic carbocycles. The number of aryl methyl sites for hydroxylation is 1. The highest BCUT2D eigenvalue weighted by Crippen LogP contribution is 2.35. The second-order valence-corrected chi connectivity index (χ2v) is 8.00. The minimum atomic E-state index is -0.287. The Labute approximate surface area is 179 Å². The van der Waals surface area contributed by atoms with Gasteiger partial charge in [0.05, 0.1) is 14.6 Å². The Kier molecular flexibility index (Phi) is 6.68. The summed E-state index contributed by atoms with van der Waals surface area (Å²) in [5.74, 6) is 0.319. The molecule has 27 heavy (non-hydrogen) atoms. The maximum atomic E-state index is 13.7. The molecule has 0 unspecified atom stereocenters. The summed E-state index contributed by atoms with van der Waals surface area (Å²) < 4.78 is 21.0. The van der Waals surface area contributed by atoms with Crippen LogP contribution in [0.1, 0.15) is 16.7 Å². The number of ether oxygens (including phenoxy) is 1. The number of hydrogen-bond donors (Lipinski definition) is 0. The van der Waals surface area contributed by atoms with Crippen molar-refractivity contribution in [2.45, 2.75) is 13.5 Å². The lowest BCUT2D eigenvalue weighted by Gasteiger charge is -2.12. The zero-order valence-electron chi connectivity index (χ0n) is 14.3. The van der Waals surface area contributed by atoms with Crippen molar-refractivity contribution in [1.82, 2.24) is 0 Å². The summed E-state index contributed by atoms with van der Waals surface area (Å²) in [6.07, 6.45) is 1.75. The van der Waals surface area contributed by atoms with Gasteiger partial charge in [-0.2, -0.15) is 0 Å². The summed E-state index contributed by atoms with van der Waals surface area (Å²) in [6.45, 7) is 2.09. The monoisotopic (exact) mass is 509 g/mol. The van der Waals surface area contributed by atoms with Crippen LogP contribution in [-0.2, 0) is 6.61 Å². The molecule has 0 spiro atoms. The Bertz CT molecular complexity index is 984. The molecule has 0 saturated heterocycles. The van der Waals surface area contributed by atoms with E-state index in [0.29, 0.717) is 16.3 Å². The highest BCUT2D eigenvalue weighted by molar-refractivity contribution is 9.11. The van der Waals surface area contributed by atoms with Crippen LogP contribution in [0.25, 0.3) is 0 Å². The maximum Gasteiger partial charge on any atom is 0.148 e. The number of nitrogens with zero attached hydrogens (tertiary/aromatic N) is 1. The van der Waals surface area contributed by atoms with E-state index in [0.717, 1.165) is 25.8 Å². The first-order valence-corrected chi connectivity index (χ1v) is 10.1. The lowest BCUT2D eigenvalue weighted by atomic mass is 10.2. The molecule has 0 aliphatic rings. The average molecular weight is 512 g/mol. The van der Waals surface area contributed by atoms with Crippen LogP contribution in [0.5, 0.6) is 5.75 Å². The van der Waals surface area contributed by atoms with Gasteiger partial charge in [-0.1, -0.05) is 35.9 Å². The summed E-state index contributed by atoms with van der Waals surface area (Å²) in [5.41, 5.74) is 3.16. The molecular formula is C21H15Br2ClFNO. The van der Waals surface area contributed by atoms with Gasteiger partial charge in [-0.15, -0.1) is 0 Å². The predicted octanol–water partition coefficient (Wildman–Crippen LogP) is 7.64. The summed E-state index contributed by atoms with van der Waals surface area (Å²) in [4.78, 5) is 4.45. The number of halogens is 4.